The average molecular weight is 414 g/mol. The van der Waals surface area contributed by atoms with Gasteiger partial charge in [0.2, 0.25) is 0 Å². The fourth-order valence-electron chi connectivity index (χ4n) is 2.67. The molecule has 0 unspecified atom stereocenters. The van der Waals surface area contributed by atoms with E-state index >= 15 is 0 Å². The normalized spacial score (nSPS) is 11.0. The monoisotopic (exact) mass is 413 g/mol. The highest BCUT2D eigenvalue weighted by Gasteiger charge is 2.13. The molecule has 6 nitrogen and oxygen atoms in total. The first-order valence-electron chi connectivity index (χ1n) is 7.82. The van der Waals surface area contributed by atoms with Crippen LogP contribution in [0.3, 0.4) is 0 Å². The third kappa shape index (κ3) is 3.11. The van der Waals surface area contributed by atoms with Gasteiger partial charge >= 0.3 is 0 Å². The fraction of sp³-hybridized carbons (Fsp3) is 0.0556. The first-order chi connectivity index (χ1) is 12.6. The lowest BCUT2D eigenvalue weighted by Gasteiger charge is -2.11. The molecule has 130 valence electrons. The lowest BCUT2D eigenvalue weighted by molar-refractivity contribution is -0.605. The summed E-state index contributed by atoms with van der Waals surface area (Å²) < 4.78 is 17.3. The molecule has 8 heteroatoms. The predicted octanol–water partition coefficient (Wildman–Crippen LogP) is 3.54. The molecule has 1 N–H and O–H groups in total. The van der Waals surface area contributed by atoms with E-state index in [1.165, 1.54) is 18.5 Å². The van der Waals surface area contributed by atoms with Crippen molar-refractivity contribution >= 4 is 27.4 Å². The number of nitrogens with zero attached hydrogens (tertiary/aromatic N) is 4. The van der Waals surface area contributed by atoms with Gasteiger partial charge in [-0.1, -0.05) is 12.1 Å². The zero-order valence-electron chi connectivity index (χ0n) is 13.4. The minimum absolute atomic E-state index is 0.346. The predicted molar refractivity (Wildman–Crippen MR) is 98.8 cm³/mol. The minimum atomic E-state index is -0.346. The van der Waals surface area contributed by atoms with Crippen LogP contribution in [0.15, 0.2) is 65.5 Å². The average Bonchev–Trinajstić information content (AvgIpc) is 3.01. The number of nitrogens with one attached hydrogen (secondary N) is 1. The molecule has 0 spiro atoms. The molecule has 0 aliphatic carbocycles. The van der Waals surface area contributed by atoms with Gasteiger partial charge in [0.05, 0.1) is 16.4 Å². The second-order valence-corrected chi connectivity index (χ2v) is 6.51. The van der Waals surface area contributed by atoms with Crippen LogP contribution in [-0.4, -0.2) is 14.6 Å². The van der Waals surface area contributed by atoms with E-state index in [0.29, 0.717) is 33.7 Å². The number of rotatable bonds is 4. The Kier molecular flexibility index (Phi) is 4.26. The second kappa shape index (κ2) is 6.72. The molecule has 0 amide bonds. The molecule has 1 aromatic carbocycles. The summed E-state index contributed by atoms with van der Waals surface area (Å²) in [5.74, 6) is 0.293. The molecule has 0 aliphatic rings. The summed E-state index contributed by atoms with van der Waals surface area (Å²) in [5.41, 5.74) is 2.28. The lowest BCUT2D eigenvalue weighted by atomic mass is 10.1. The summed E-state index contributed by atoms with van der Waals surface area (Å²) in [7, 11) is 0. The highest BCUT2D eigenvalue weighted by molar-refractivity contribution is 9.10. The standard InChI is InChI=1S/C18H13BrFN5O/c19-14-10-22-25-17(21-9-12-4-3-7-24(26)11-12)8-16(23-18(14)25)13-5-1-2-6-15(13)20/h1-8,10-11,21H,9H2. The van der Waals surface area contributed by atoms with Gasteiger partial charge in [-0.25, -0.2) is 9.37 Å². The molecule has 4 aromatic rings. The molecule has 0 radical (unpaired) electrons. The van der Waals surface area contributed by atoms with Gasteiger partial charge in [-0.05, 0) is 34.1 Å². The second-order valence-electron chi connectivity index (χ2n) is 5.66. The van der Waals surface area contributed by atoms with E-state index < -0.39 is 0 Å². The molecule has 26 heavy (non-hydrogen) atoms. The van der Waals surface area contributed by atoms with Gasteiger partial charge in [0.15, 0.2) is 18.0 Å². The third-order valence-electron chi connectivity index (χ3n) is 3.89. The van der Waals surface area contributed by atoms with Crippen LogP contribution in [0.5, 0.6) is 0 Å². The van der Waals surface area contributed by atoms with Crippen LogP contribution in [0.4, 0.5) is 10.2 Å². The van der Waals surface area contributed by atoms with Crippen molar-refractivity contribution in [2.24, 2.45) is 0 Å². The summed E-state index contributed by atoms with van der Waals surface area (Å²) in [5, 5.41) is 18.9. The molecule has 0 saturated carbocycles. The number of anilines is 1. The Morgan fingerprint density at radius 2 is 2.08 bits per heavy atom. The molecule has 3 aromatic heterocycles. The van der Waals surface area contributed by atoms with Gasteiger partial charge in [0.1, 0.15) is 11.6 Å². The van der Waals surface area contributed by atoms with Crippen LogP contribution in [-0.2, 0) is 6.54 Å². The van der Waals surface area contributed by atoms with Gasteiger partial charge < -0.3 is 10.5 Å². The van der Waals surface area contributed by atoms with Crippen LogP contribution in [0.2, 0.25) is 0 Å². The molecule has 0 fully saturated rings. The van der Waals surface area contributed by atoms with Crippen molar-refractivity contribution in [3.8, 4) is 11.3 Å². The lowest BCUT2D eigenvalue weighted by Crippen LogP contribution is -2.25. The van der Waals surface area contributed by atoms with E-state index in [2.05, 4.69) is 31.3 Å². The zero-order chi connectivity index (χ0) is 18.1. The smallest absolute Gasteiger partial charge is 0.185 e. The number of hydrogen-bond acceptors (Lipinski definition) is 4. The van der Waals surface area contributed by atoms with E-state index in [-0.39, 0.29) is 5.82 Å². The summed E-state index contributed by atoms with van der Waals surface area (Å²) >= 11 is 3.42. The Balaban J connectivity index is 1.77. The molecule has 0 atom stereocenters. The fourth-order valence-corrected chi connectivity index (χ4v) is 3.02. The molecular weight excluding hydrogens is 401 g/mol. The van der Waals surface area contributed by atoms with Gasteiger partial charge in [0.25, 0.3) is 0 Å². The van der Waals surface area contributed by atoms with E-state index in [1.54, 1.807) is 41.0 Å². The third-order valence-corrected chi connectivity index (χ3v) is 4.45. The van der Waals surface area contributed by atoms with Crippen molar-refractivity contribution in [3.63, 3.8) is 0 Å². The van der Waals surface area contributed by atoms with Crippen molar-refractivity contribution in [2.75, 3.05) is 5.32 Å². The van der Waals surface area contributed by atoms with Crippen molar-refractivity contribution < 1.29 is 9.12 Å². The zero-order valence-corrected chi connectivity index (χ0v) is 15.0. The Hall–Kier alpha value is -3.00. The van der Waals surface area contributed by atoms with Crippen molar-refractivity contribution in [2.45, 2.75) is 6.54 Å². The van der Waals surface area contributed by atoms with Crippen LogP contribution in [0.1, 0.15) is 5.56 Å². The number of pyridine rings is 1. The minimum Gasteiger partial charge on any atom is -0.619 e. The van der Waals surface area contributed by atoms with E-state index in [1.807, 2.05) is 6.07 Å². The molecule has 3 heterocycles. The molecule has 0 bridgehead atoms. The first kappa shape index (κ1) is 16.5. The summed E-state index contributed by atoms with van der Waals surface area (Å²) in [6.45, 7) is 0.413. The maximum atomic E-state index is 14.2. The van der Waals surface area contributed by atoms with Gasteiger partial charge in [0, 0.05) is 29.8 Å². The summed E-state index contributed by atoms with van der Waals surface area (Å²) in [4.78, 5) is 4.52. The van der Waals surface area contributed by atoms with Gasteiger partial charge in [-0.2, -0.15) is 14.3 Å². The Bertz CT molecular complexity index is 1100. The number of halogens is 2. The Morgan fingerprint density at radius 3 is 2.88 bits per heavy atom. The summed E-state index contributed by atoms with van der Waals surface area (Å²) in [6.07, 6.45) is 4.55. The topological polar surface area (TPSA) is 69.2 Å². The van der Waals surface area contributed by atoms with Crippen LogP contribution >= 0.6 is 15.9 Å². The summed E-state index contributed by atoms with van der Waals surface area (Å²) in [6, 6.07) is 11.7. The van der Waals surface area contributed by atoms with Crippen LogP contribution in [0, 0.1) is 11.0 Å². The quantitative estimate of drug-likeness (QED) is 0.410. The molecular formula is C18H13BrFN5O. The number of aromatic nitrogens is 4. The highest BCUT2D eigenvalue weighted by atomic mass is 79.9. The molecule has 4 rings (SSSR count). The van der Waals surface area contributed by atoms with Crippen molar-refractivity contribution in [1.82, 2.24) is 14.6 Å². The van der Waals surface area contributed by atoms with E-state index in [0.717, 1.165) is 10.3 Å². The van der Waals surface area contributed by atoms with Crippen molar-refractivity contribution in [3.05, 3.63) is 82.1 Å². The van der Waals surface area contributed by atoms with Crippen molar-refractivity contribution in [1.29, 1.82) is 0 Å². The maximum Gasteiger partial charge on any atom is 0.185 e. The number of hydrogen-bond donors (Lipinski definition) is 1. The Morgan fingerprint density at radius 1 is 1.23 bits per heavy atom. The van der Waals surface area contributed by atoms with Gasteiger partial charge in [-0.3, -0.25) is 0 Å². The SMILES string of the molecule is [O-][n+]1cccc(CNc2cc(-c3ccccc3F)nc3c(Br)cnn23)c1. The molecule has 0 aliphatic heterocycles. The largest absolute Gasteiger partial charge is 0.619 e. The first-order valence-corrected chi connectivity index (χ1v) is 8.62. The van der Waals surface area contributed by atoms with E-state index in [4.69, 9.17) is 0 Å². The van der Waals surface area contributed by atoms with Crippen LogP contribution in [0.25, 0.3) is 16.9 Å². The molecule has 0 saturated heterocycles. The number of fused-ring (bicyclic) bond motifs is 1. The number of benzene rings is 1. The Labute approximate surface area is 156 Å². The highest BCUT2D eigenvalue weighted by Crippen LogP contribution is 2.27. The van der Waals surface area contributed by atoms with Gasteiger partial charge in [-0.15, -0.1) is 0 Å². The van der Waals surface area contributed by atoms with Crippen LogP contribution < -0.4 is 10.0 Å². The maximum absolute atomic E-state index is 14.2. The van der Waals surface area contributed by atoms with E-state index in [9.17, 15) is 9.60 Å².